The van der Waals surface area contributed by atoms with Crippen molar-refractivity contribution in [1.29, 1.82) is 5.26 Å². The van der Waals surface area contributed by atoms with Gasteiger partial charge in [-0.15, -0.1) is 0 Å². The molecule has 650 valence electrons. The summed E-state index contributed by atoms with van der Waals surface area (Å²) in [5.74, 6) is 0. The molecule has 0 unspecified atom stereocenters. The minimum atomic E-state index is -3.83. The summed E-state index contributed by atoms with van der Waals surface area (Å²) in [4.78, 5) is 0.113. The molecule has 5 heteroatoms. The summed E-state index contributed by atoms with van der Waals surface area (Å²) in [6, 6.07) is 101. The molecular weight excluding hydrogens is 1460 g/mol. The third kappa shape index (κ3) is 47.9. The van der Waals surface area contributed by atoms with Crippen LogP contribution in [-0.2, 0) is 48.5 Å². The maximum Gasteiger partial charge on any atom is 0.270 e. The Morgan fingerprint density at radius 1 is 0.235 bits per heavy atom. The van der Waals surface area contributed by atoms with Crippen LogP contribution in [0, 0.1) is 46.1 Å². The first-order valence-corrected chi connectivity index (χ1v) is 46.9. The highest BCUT2D eigenvalue weighted by Crippen LogP contribution is 2.31. The molecule has 0 aromatic heterocycles. The van der Waals surface area contributed by atoms with E-state index >= 15 is 0 Å². The van der Waals surface area contributed by atoms with Crippen LogP contribution in [-0.4, -0.2) is 8.42 Å². The van der Waals surface area contributed by atoms with Crippen molar-refractivity contribution in [3.8, 4) is 73.0 Å². The lowest BCUT2D eigenvalue weighted by Gasteiger charge is -2.12. The van der Waals surface area contributed by atoms with Gasteiger partial charge in [0.05, 0.1) is 4.90 Å². The van der Waals surface area contributed by atoms with Crippen molar-refractivity contribution >= 4 is 10.0 Å². The minimum absolute atomic E-state index is 0.113. The van der Waals surface area contributed by atoms with E-state index in [1.807, 2.05) is 202 Å². The second-order valence-electron chi connectivity index (χ2n) is 23.8. The van der Waals surface area contributed by atoms with Crippen LogP contribution in [0.3, 0.4) is 0 Å². The highest BCUT2D eigenvalue weighted by molar-refractivity contribution is 7.89. The zero-order chi connectivity index (χ0) is 92.0. The fourth-order valence-electron chi connectivity index (χ4n) is 10.9. The topological polar surface area (TPSA) is 70.0 Å². The molecule has 4 nitrogen and oxygen atoms in total. The summed E-state index contributed by atoms with van der Waals surface area (Å²) in [5, 5.41) is 8.59. The molecule has 12 aromatic carbocycles. The van der Waals surface area contributed by atoms with Gasteiger partial charge in [0.25, 0.3) is 10.0 Å². The van der Waals surface area contributed by atoms with Crippen molar-refractivity contribution in [3.63, 3.8) is 0 Å². The van der Waals surface area contributed by atoms with Gasteiger partial charge in [0, 0.05) is 5.56 Å². The zero-order valence-corrected chi connectivity index (χ0v) is 82.4. The minimum Gasteiger partial charge on any atom is -0.215 e. The largest absolute Gasteiger partial charge is 0.270 e. The Labute approximate surface area is 734 Å². The predicted octanol–water partition coefficient (Wildman–Crippen LogP) is 36.1. The summed E-state index contributed by atoms with van der Waals surface area (Å²) in [6.45, 7) is 71.6. The van der Waals surface area contributed by atoms with Crippen LogP contribution in [0.5, 0.6) is 0 Å². The molecule has 0 radical (unpaired) electrons. The summed E-state index contributed by atoms with van der Waals surface area (Å²) in [7, 11) is -3.83. The molecular formula is C114H166N2O2S. The Morgan fingerprint density at radius 2 is 0.504 bits per heavy atom. The highest BCUT2D eigenvalue weighted by Gasteiger charge is 2.19. The lowest BCUT2D eigenvalue weighted by Crippen LogP contribution is -2.19. The molecule has 0 spiro atoms. The van der Waals surface area contributed by atoms with Crippen LogP contribution in [0.25, 0.3) is 66.8 Å². The fraction of sp³-hybridized carbons (Fsp3) is 0.360. The summed E-state index contributed by atoms with van der Waals surface area (Å²) >= 11 is 0. The Morgan fingerprint density at radius 3 is 0.840 bits per heavy atom. The van der Waals surface area contributed by atoms with Gasteiger partial charge < -0.3 is 0 Å². The van der Waals surface area contributed by atoms with Crippen molar-refractivity contribution in [2.75, 3.05) is 0 Å². The first kappa shape index (κ1) is 120. The maximum atomic E-state index is 12.1. The van der Waals surface area contributed by atoms with Gasteiger partial charge >= 0.3 is 0 Å². The van der Waals surface area contributed by atoms with E-state index < -0.39 is 10.0 Å². The molecule has 1 N–H and O–H groups in total. The number of hydrogen-bond acceptors (Lipinski definition) is 3. The van der Waals surface area contributed by atoms with Crippen molar-refractivity contribution in [1.82, 2.24) is 4.72 Å². The third-order valence-corrected chi connectivity index (χ3v) is 18.0. The first-order valence-electron chi connectivity index (χ1n) is 45.5. The molecule has 0 heterocycles. The number of hydrogen-bond donors (Lipinski definition) is 1. The lowest BCUT2D eigenvalue weighted by molar-refractivity contribution is 0.591. The summed E-state index contributed by atoms with van der Waals surface area (Å²) < 4.78 is 26.0. The van der Waals surface area contributed by atoms with Crippen LogP contribution in [0.4, 0.5) is 0 Å². The second kappa shape index (κ2) is 80.3. The SMILES string of the molecule is CC.CC.CC.CC.CC.CC.CC.CC.CC.CC.CC.CC.CCc1ccc(-c2ccc(C)cc2)cc1.CCc1ccc(-c2cccc(C)c2)cc1.CCc1cccc(-c2ccc(C)cc2)c1.CCc1cccc(-c2cccc(C)c2)c1.CCc1cccc(-c2ccccc2C)c1.CCc1ccccc1-c1ccccc1S(=O)(=O)NC#N. The van der Waals surface area contributed by atoms with E-state index in [2.05, 4.69) is 312 Å². The van der Waals surface area contributed by atoms with Crippen molar-refractivity contribution < 1.29 is 8.42 Å². The smallest absolute Gasteiger partial charge is 0.215 e. The number of nitrogens with one attached hydrogen (secondary N) is 1. The van der Waals surface area contributed by atoms with E-state index in [-0.39, 0.29) is 4.90 Å². The number of rotatable bonds is 14. The molecule has 0 saturated heterocycles. The van der Waals surface area contributed by atoms with E-state index in [1.54, 1.807) is 18.2 Å². The third-order valence-electron chi connectivity index (χ3n) is 16.7. The van der Waals surface area contributed by atoms with Crippen LogP contribution >= 0.6 is 0 Å². The average Bonchev–Trinajstić information content (AvgIpc) is 0.792. The fourth-order valence-corrected chi connectivity index (χ4v) is 11.9. The van der Waals surface area contributed by atoms with Gasteiger partial charge in [0.1, 0.15) is 0 Å². The summed E-state index contributed by atoms with van der Waals surface area (Å²) in [6.07, 6.45) is 7.78. The number of benzene rings is 12. The van der Waals surface area contributed by atoms with Crippen molar-refractivity contribution in [2.24, 2.45) is 0 Å². The number of sulfonamides is 1. The van der Waals surface area contributed by atoms with Crippen LogP contribution < -0.4 is 4.72 Å². The van der Waals surface area contributed by atoms with Gasteiger partial charge in [0.2, 0.25) is 0 Å². The first-order chi connectivity index (χ1) is 58.1. The number of nitrogens with zero attached hydrogens (tertiary/aromatic N) is 1. The molecule has 0 aliphatic rings. The zero-order valence-electron chi connectivity index (χ0n) is 81.6. The quantitative estimate of drug-likeness (QED) is 0.0871. The van der Waals surface area contributed by atoms with Crippen LogP contribution in [0.15, 0.2) is 296 Å². The Hall–Kier alpha value is -10.1. The van der Waals surface area contributed by atoms with Gasteiger partial charge in [-0.3, -0.25) is 0 Å². The molecule has 0 atom stereocenters. The summed E-state index contributed by atoms with van der Waals surface area (Å²) in [5.41, 5.74) is 29.2. The van der Waals surface area contributed by atoms with Crippen LogP contribution in [0.2, 0.25) is 0 Å². The Bertz CT molecular complexity index is 4460. The standard InChI is InChI=1S/C15H14N2O2S.5C15H16.12C2H6/c1-2-12-7-3-4-8-13(12)14-9-5-6-10-15(14)20(18,19)17-11-16;1-3-13-6-10-15(11-7-13)14-8-4-12(2)5-9-14;1-3-13-7-5-9-15(11-13)14-8-4-6-12(2)10-14;1-3-13-8-6-9-14(11-13)15-10-5-4-7-12(15)2;1-3-13-5-4-6-15(11-13)14-9-7-12(2)8-10-14;1-3-13-7-9-14(10-8-13)15-6-4-5-12(2)11-15;12*1-2/h3-10,17H,2H2,1H3;5*4-11H,3H2,1-2H3;12*1-2H3. The van der Waals surface area contributed by atoms with E-state index in [0.717, 1.165) is 49.7 Å². The van der Waals surface area contributed by atoms with Crippen LogP contribution in [0.1, 0.15) is 269 Å². The monoisotopic (exact) mass is 1630 g/mol. The van der Waals surface area contributed by atoms with Gasteiger partial charge in [-0.1, -0.05) is 515 Å². The molecule has 119 heavy (non-hydrogen) atoms. The molecule has 12 aromatic rings. The molecule has 0 aliphatic heterocycles. The molecule has 0 fully saturated rings. The number of nitriles is 1. The molecule has 0 amide bonds. The van der Waals surface area contributed by atoms with E-state index in [0.29, 0.717) is 5.56 Å². The molecule has 0 saturated carbocycles. The predicted molar refractivity (Wildman–Crippen MR) is 543 cm³/mol. The van der Waals surface area contributed by atoms with E-state index in [4.69, 9.17) is 5.26 Å². The Kier molecular flexibility index (Phi) is 80.8. The molecule has 0 bridgehead atoms. The van der Waals surface area contributed by atoms with E-state index in [9.17, 15) is 8.42 Å². The average molecular weight is 1630 g/mol. The Balaban J connectivity index is -0.000000306. The van der Waals surface area contributed by atoms with Gasteiger partial charge in [-0.05, 0) is 179 Å². The van der Waals surface area contributed by atoms with Crippen molar-refractivity contribution in [2.45, 2.75) is 286 Å². The van der Waals surface area contributed by atoms with Crippen molar-refractivity contribution in [3.05, 3.63) is 352 Å². The van der Waals surface area contributed by atoms with Gasteiger partial charge in [-0.25, -0.2) is 13.1 Å². The van der Waals surface area contributed by atoms with Gasteiger partial charge in [-0.2, -0.15) is 5.26 Å². The lowest BCUT2D eigenvalue weighted by atomic mass is 9.98. The second-order valence-corrected chi connectivity index (χ2v) is 25.4. The highest BCUT2D eigenvalue weighted by atomic mass is 32.2. The maximum absolute atomic E-state index is 12.1. The van der Waals surface area contributed by atoms with E-state index in [1.165, 1.54) is 124 Å². The normalized spacial score (nSPS) is 8.89. The molecule has 12 rings (SSSR count). The number of aryl methyl sites for hydroxylation is 11. The van der Waals surface area contributed by atoms with Gasteiger partial charge in [0.15, 0.2) is 6.19 Å². The molecule has 0 aliphatic carbocycles.